The van der Waals surface area contributed by atoms with Crippen LogP contribution in [0, 0.1) is 13.8 Å². The second-order valence-electron chi connectivity index (χ2n) is 6.06. The summed E-state index contributed by atoms with van der Waals surface area (Å²) >= 11 is 7.33. The van der Waals surface area contributed by atoms with E-state index in [2.05, 4.69) is 61.3 Å². The van der Waals surface area contributed by atoms with Crippen LogP contribution in [0.15, 0.2) is 42.5 Å². The molecule has 3 nitrogen and oxygen atoms in total. The number of fused-ring (bicyclic) bond motifs is 1. The molecule has 1 N–H and O–H groups in total. The van der Waals surface area contributed by atoms with Crippen molar-refractivity contribution in [3.8, 4) is 0 Å². The van der Waals surface area contributed by atoms with Gasteiger partial charge in [0.1, 0.15) is 5.01 Å². The number of thiazole rings is 1. The van der Waals surface area contributed by atoms with Crippen LogP contribution in [0.1, 0.15) is 29.1 Å². The van der Waals surface area contributed by atoms with Crippen LogP contribution in [0.4, 0.5) is 5.69 Å². The molecule has 1 atom stereocenters. The summed E-state index contributed by atoms with van der Waals surface area (Å²) < 4.78 is 1.21. The van der Waals surface area contributed by atoms with Crippen LogP contribution in [0.2, 0.25) is 0 Å². The Morgan fingerprint density at radius 1 is 1.21 bits per heavy atom. The summed E-state index contributed by atoms with van der Waals surface area (Å²) in [5.41, 5.74) is 4.51. The molecule has 0 spiro atoms. The Kier molecular flexibility index (Phi) is 4.83. The zero-order valence-electron chi connectivity index (χ0n) is 14.3. The van der Waals surface area contributed by atoms with Crippen molar-refractivity contribution in [1.82, 2.24) is 9.88 Å². The smallest absolute Gasteiger partial charge is 0.173 e. The summed E-state index contributed by atoms with van der Waals surface area (Å²) in [5.74, 6) is 0. The molecule has 0 fully saturated rings. The standard InChI is InChI=1S/C19H21N3S2/c1-12-9-10-13(2)16(11-12)21-19(23)22(4)14(3)18-20-15-7-5-6-8-17(15)24-18/h5-11,14H,1-4H3,(H,21,23)/t14-/m0/s1. The number of hydrogen-bond donors (Lipinski definition) is 1. The van der Waals surface area contributed by atoms with Crippen LogP contribution >= 0.6 is 23.6 Å². The van der Waals surface area contributed by atoms with Gasteiger partial charge in [-0.05, 0) is 62.3 Å². The number of hydrogen-bond acceptors (Lipinski definition) is 3. The Bertz CT molecular complexity index is 852. The summed E-state index contributed by atoms with van der Waals surface area (Å²) in [7, 11) is 2.01. The Hall–Kier alpha value is -1.98. The molecule has 124 valence electrons. The number of rotatable bonds is 3. The van der Waals surface area contributed by atoms with Crippen molar-refractivity contribution in [3.63, 3.8) is 0 Å². The Labute approximate surface area is 152 Å². The lowest BCUT2D eigenvalue weighted by atomic mass is 10.1. The predicted octanol–water partition coefficient (Wildman–Crippen LogP) is 5.30. The van der Waals surface area contributed by atoms with E-state index in [1.807, 2.05) is 19.2 Å². The molecule has 5 heteroatoms. The van der Waals surface area contributed by atoms with Gasteiger partial charge in [-0.15, -0.1) is 11.3 Å². The van der Waals surface area contributed by atoms with E-state index in [0.717, 1.165) is 16.2 Å². The molecule has 0 saturated heterocycles. The molecule has 1 heterocycles. The van der Waals surface area contributed by atoms with E-state index in [0.29, 0.717) is 5.11 Å². The van der Waals surface area contributed by atoms with Crippen molar-refractivity contribution >= 4 is 44.6 Å². The lowest BCUT2D eigenvalue weighted by Crippen LogP contribution is -2.33. The van der Waals surface area contributed by atoms with Gasteiger partial charge < -0.3 is 10.2 Å². The van der Waals surface area contributed by atoms with Gasteiger partial charge in [0.05, 0.1) is 16.3 Å². The number of anilines is 1. The molecule has 0 aliphatic rings. The first-order chi connectivity index (χ1) is 11.5. The molecule has 0 aliphatic heterocycles. The normalized spacial score (nSPS) is 12.2. The second-order valence-corrected chi connectivity index (χ2v) is 7.50. The number of thiocarbonyl (C=S) groups is 1. The fraction of sp³-hybridized carbons (Fsp3) is 0.263. The van der Waals surface area contributed by atoms with Crippen molar-refractivity contribution in [2.75, 3.05) is 12.4 Å². The average Bonchev–Trinajstić information content (AvgIpc) is 3.00. The molecule has 0 saturated carbocycles. The fourth-order valence-corrected chi connectivity index (χ4v) is 3.82. The highest BCUT2D eigenvalue weighted by molar-refractivity contribution is 7.80. The summed E-state index contributed by atoms with van der Waals surface area (Å²) in [6, 6.07) is 14.7. The minimum atomic E-state index is 0.118. The maximum absolute atomic E-state index is 5.61. The van der Waals surface area contributed by atoms with Crippen molar-refractivity contribution in [1.29, 1.82) is 0 Å². The molecule has 0 amide bonds. The Morgan fingerprint density at radius 2 is 1.96 bits per heavy atom. The van der Waals surface area contributed by atoms with Crippen LogP contribution in [0.5, 0.6) is 0 Å². The van der Waals surface area contributed by atoms with Gasteiger partial charge in [-0.25, -0.2) is 4.98 Å². The second kappa shape index (κ2) is 6.87. The largest absolute Gasteiger partial charge is 0.343 e. The molecule has 0 bridgehead atoms. The Balaban J connectivity index is 1.78. The minimum absolute atomic E-state index is 0.118. The molecular formula is C19H21N3S2. The van der Waals surface area contributed by atoms with Crippen molar-refractivity contribution in [3.05, 3.63) is 58.6 Å². The lowest BCUT2D eigenvalue weighted by molar-refractivity contribution is 0.407. The van der Waals surface area contributed by atoms with E-state index in [4.69, 9.17) is 17.2 Å². The van der Waals surface area contributed by atoms with E-state index >= 15 is 0 Å². The van der Waals surface area contributed by atoms with Gasteiger partial charge in [-0.3, -0.25) is 0 Å². The van der Waals surface area contributed by atoms with E-state index < -0.39 is 0 Å². The van der Waals surface area contributed by atoms with Gasteiger partial charge in [0, 0.05) is 12.7 Å². The van der Waals surface area contributed by atoms with Gasteiger partial charge in [0.25, 0.3) is 0 Å². The van der Waals surface area contributed by atoms with E-state index in [9.17, 15) is 0 Å². The molecule has 2 aromatic carbocycles. The molecule has 1 aromatic heterocycles. The van der Waals surface area contributed by atoms with Crippen LogP contribution in [-0.4, -0.2) is 22.0 Å². The summed E-state index contributed by atoms with van der Waals surface area (Å²) in [5, 5.41) is 5.15. The van der Waals surface area contributed by atoms with Crippen molar-refractivity contribution < 1.29 is 0 Å². The van der Waals surface area contributed by atoms with Crippen LogP contribution in [0.25, 0.3) is 10.2 Å². The summed E-state index contributed by atoms with van der Waals surface area (Å²) in [4.78, 5) is 6.81. The van der Waals surface area contributed by atoms with E-state index in [1.165, 1.54) is 15.8 Å². The van der Waals surface area contributed by atoms with E-state index in [-0.39, 0.29) is 6.04 Å². The molecule has 0 unspecified atom stereocenters. The van der Waals surface area contributed by atoms with Gasteiger partial charge in [-0.2, -0.15) is 0 Å². The molecule has 0 aliphatic carbocycles. The average molecular weight is 356 g/mol. The fourth-order valence-electron chi connectivity index (χ4n) is 2.48. The summed E-state index contributed by atoms with van der Waals surface area (Å²) in [6.45, 7) is 6.30. The molecule has 3 rings (SSSR count). The quantitative estimate of drug-likeness (QED) is 0.645. The highest BCUT2D eigenvalue weighted by Crippen LogP contribution is 2.29. The van der Waals surface area contributed by atoms with Crippen LogP contribution in [0.3, 0.4) is 0 Å². The van der Waals surface area contributed by atoms with Gasteiger partial charge in [0.15, 0.2) is 5.11 Å². The third-order valence-electron chi connectivity index (χ3n) is 4.20. The lowest BCUT2D eigenvalue weighted by Gasteiger charge is -2.27. The first-order valence-electron chi connectivity index (χ1n) is 7.92. The van der Waals surface area contributed by atoms with Crippen LogP contribution in [-0.2, 0) is 0 Å². The third-order valence-corrected chi connectivity index (χ3v) is 5.80. The SMILES string of the molecule is Cc1ccc(C)c(NC(=S)N(C)[C@@H](C)c2nc3ccccc3s2)c1. The zero-order chi connectivity index (χ0) is 17.3. The maximum Gasteiger partial charge on any atom is 0.173 e. The predicted molar refractivity (Wildman–Crippen MR) is 108 cm³/mol. The molecular weight excluding hydrogens is 334 g/mol. The number of aryl methyl sites for hydroxylation is 2. The number of nitrogens with one attached hydrogen (secondary N) is 1. The van der Waals surface area contributed by atoms with Gasteiger partial charge in [0.2, 0.25) is 0 Å². The topological polar surface area (TPSA) is 28.2 Å². The van der Waals surface area contributed by atoms with E-state index in [1.54, 1.807) is 11.3 Å². The summed E-state index contributed by atoms with van der Waals surface area (Å²) in [6.07, 6.45) is 0. The highest BCUT2D eigenvalue weighted by Gasteiger charge is 2.19. The Morgan fingerprint density at radius 3 is 2.71 bits per heavy atom. The molecule has 24 heavy (non-hydrogen) atoms. The van der Waals surface area contributed by atoms with Gasteiger partial charge in [-0.1, -0.05) is 24.3 Å². The molecule has 0 radical (unpaired) electrons. The maximum atomic E-state index is 5.61. The van der Waals surface area contributed by atoms with Crippen molar-refractivity contribution in [2.45, 2.75) is 26.8 Å². The number of aromatic nitrogens is 1. The number of nitrogens with zero attached hydrogens (tertiary/aromatic N) is 2. The number of benzene rings is 2. The van der Waals surface area contributed by atoms with Crippen molar-refractivity contribution in [2.24, 2.45) is 0 Å². The highest BCUT2D eigenvalue weighted by atomic mass is 32.1. The first kappa shape index (κ1) is 16.9. The monoisotopic (exact) mass is 355 g/mol. The zero-order valence-corrected chi connectivity index (χ0v) is 16.0. The minimum Gasteiger partial charge on any atom is -0.343 e. The first-order valence-corrected chi connectivity index (χ1v) is 9.14. The van der Waals surface area contributed by atoms with Gasteiger partial charge >= 0.3 is 0 Å². The number of para-hydroxylation sites is 1. The molecule has 3 aromatic rings. The van der Waals surface area contributed by atoms with Crippen LogP contribution < -0.4 is 5.32 Å². The third kappa shape index (κ3) is 3.42.